The van der Waals surface area contributed by atoms with Gasteiger partial charge >= 0.3 is 5.97 Å². The highest BCUT2D eigenvalue weighted by molar-refractivity contribution is 5.98. The smallest absolute Gasteiger partial charge is 0.325 e. The van der Waals surface area contributed by atoms with Crippen molar-refractivity contribution in [3.63, 3.8) is 0 Å². The van der Waals surface area contributed by atoms with Gasteiger partial charge in [0, 0.05) is 0 Å². The molecule has 1 rings (SSSR count). The molecule has 0 radical (unpaired) electrons. The second-order valence-electron chi connectivity index (χ2n) is 3.12. The molecule has 0 fully saturated rings. The summed E-state index contributed by atoms with van der Waals surface area (Å²) in [5, 5.41) is 12.0. The Morgan fingerprint density at radius 3 is 2.65 bits per heavy atom. The fraction of sp³-hybridized carbons (Fsp3) is 0.273. The van der Waals surface area contributed by atoms with E-state index in [1.165, 1.54) is 26.4 Å². The zero-order chi connectivity index (χ0) is 12.8. The number of hydrogen-bond donors (Lipinski definition) is 2. The van der Waals surface area contributed by atoms with Crippen molar-refractivity contribution in [3.05, 3.63) is 23.8 Å². The Morgan fingerprint density at radius 2 is 2.06 bits per heavy atom. The Labute approximate surface area is 98.2 Å². The van der Waals surface area contributed by atoms with Crippen LogP contribution in [-0.2, 0) is 9.53 Å². The molecule has 0 aliphatic rings. The molecule has 0 spiro atoms. The predicted octanol–water partition coefficient (Wildman–Crippen LogP) is 0.304. The number of benzene rings is 1. The summed E-state index contributed by atoms with van der Waals surface area (Å²) in [4.78, 5) is 22.5. The molecule has 1 aromatic rings. The van der Waals surface area contributed by atoms with E-state index in [0.29, 0.717) is 0 Å². The molecular weight excluding hydrogens is 226 g/mol. The van der Waals surface area contributed by atoms with E-state index in [0.717, 1.165) is 0 Å². The van der Waals surface area contributed by atoms with Crippen molar-refractivity contribution in [2.45, 2.75) is 0 Å². The van der Waals surface area contributed by atoms with Gasteiger partial charge in [0.2, 0.25) is 0 Å². The minimum absolute atomic E-state index is 0.0354. The summed E-state index contributed by atoms with van der Waals surface area (Å²) >= 11 is 0. The largest absolute Gasteiger partial charge is 0.504 e. The molecule has 0 aliphatic carbocycles. The summed E-state index contributed by atoms with van der Waals surface area (Å²) in [6.07, 6.45) is 0. The lowest BCUT2D eigenvalue weighted by Crippen LogP contribution is -2.30. The molecule has 1 aromatic carbocycles. The first-order valence-corrected chi connectivity index (χ1v) is 4.81. The summed E-state index contributed by atoms with van der Waals surface area (Å²) < 4.78 is 9.23. The van der Waals surface area contributed by atoms with Crippen molar-refractivity contribution in [2.75, 3.05) is 20.8 Å². The molecule has 2 N–H and O–H groups in total. The number of carbonyl (C=O) groups excluding carboxylic acids is 2. The second-order valence-corrected chi connectivity index (χ2v) is 3.12. The van der Waals surface area contributed by atoms with Crippen LogP contribution in [0.5, 0.6) is 11.5 Å². The third-order valence-electron chi connectivity index (χ3n) is 2.08. The average Bonchev–Trinajstić information content (AvgIpc) is 2.35. The maximum atomic E-state index is 11.6. The fourth-order valence-electron chi connectivity index (χ4n) is 1.19. The van der Waals surface area contributed by atoms with E-state index in [1.54, 1.807) is 6.07 Å². The molecule has 92 valence electrons. The van der Waals surface area contributed by atoms with E-state index in [9.17, 15) is 14.7 Å². The minimum atomic E-state index is -0.577. The number of phenolic OH excluding ortho intramolecular Hbond substituents is 1. The van der Waals surface area contributed by atoms with Gasteiger partial charge in [-0.1, -0.05) is 6.07 Å². The zero-order valence-electron chi connectivity index (χ0n) is 9.52. The van der Waals surface area contributed by atoms with Crippen molar-refractivity contribution in [1.82, 2.24) is 5.32 Å². The van der Waals surface area contributed by atoms with E-state index in [1.807, 2.05) is 0 Å². The molecule has 0 saturated heterocycles. The lowest BCUT2D eigenvalue weighted by molar-refractivity contribution is -0.139. The van der Waals surface area contributed by atoms with Crippen molar-refractivity contribution in [3.8, 4) is 11.5 Å². The lowest BCUT2D eigenvalue weighted by atomic mass is 10.1. The highest BCUT2D eigenvalue weighted by Crippen LogP contribution is 2.28. The van der Waals surface area contributed by atoms with Crippen molar-refractivity contribution in [1.29, 1.82) is 0 Å². The number of nitrogens with one attached hydrogen (secondary N) is 1. The van der Waals surface area contributed by atoms with Crippen LogP contribution in [0.3, 0.4) is 0 Å². The van der Waals surface area contributed by atoms with Crippen LogP contribution in [0.15, 0.2) is 18.2 Å². The first-order valence-electron chi connectivity index (χ1n) is 4.81. The number of amides is 1. The number of methoxy groups -OCH3 is 2. The first kappa shape index (κ1) is 12.8. The molecule has 0 saturated carbocycles. The van der Waals surface area contributed by atoms with Gasteiger partial charge in [-0.2, -0.15) is 0 Å². The number of carbonyl (C=O) groups is 2. The molecular formula is C11H13NO5. The molecule has 0 bridgehead atoms. The van der Waals surface area contributed by atoms with Crippen LogP contribution in [0.4, 0.5) is 0 Å². The molecule has 17 heavy (non-hydrogen) atoms. The number of esters is 1. The number of rotatable bonds is 4. The van der Waals surface area contributed by atoms with Gasteiger partial charge < -0.3 is 19.9 Å². The summed E-state index contributed by atoms with van der Waals surface area (Å²) in [7, 11) is 2.60. The number of phenols is 1. The molecule has 6 heteroatoms. The van der Waals surface area contributed by atoms with E-state index >= 15 is 0 Å². The monoisotopic (exact) mass is 239 g/mol. The Morgan fingerprint density at radius 1 is 1.35 bits per heavy atom. The zero-order valence-corrected chi connectivity index (χ0v) is 9.52. The summed E-state index contributed by atoms with van der Waals surface area (Å²) in [6, 6.07) is 4.50. The van der Waals surface area contributed by atoms with Gasteiger partial charge in [0.05, 0.1) is 19.8 Å². The second kappa shape index (κ2) is 5.74. The molecule has 0 atom stereocenters. The number of para-hydroxylation sites is 1. The van der Waals surface area contributed by atoms with Crippen LogP contribution in [0, 0.1) is 0 Å². The third-order valence-corrected chi connectivity index (χ3v) is 2.08. The molecule has 0 heterocycles. The Balaban J connectivity index is 2.79. The number of hydrogen-bond acceptors (Lipinski definition) is 5. The quantitative estimate of drug-likeness (QED) is 0.738. The Kier molecular flexibility index (Phi) is 4.33. The highest BCUT2D eigenvalue weighted by atomic mass is 16.5. The van der Waals surface area contributed by atoms with Crippen LogP contribution in [0.1, 0.15) is 10.4 Å². The van der Waals surface area contributed by atoms with Gasteiger partial charge in [-0.05, 0) is 12.1 Å². The highest BCUT2D eigenvalue weighted by Gasteiger charge is 2.15. The number of ether oxygens (including phenoxy) is 2. The fourth-order valence-corrected chi connectivity index (χ4v) is 1.19. The summed E-state index contributed by atoms with van der Waals surface area (Å²) in [5.74, 6) is -1.22. The lowest BCUT2D eigenvalue weighted by Gasteiger charge is -2.08. The third kappa shape index (κ3) is 3.10. The van der Waals surface area contributed by atoms with E-state index < -0.39 is 11.9 Å². The standard InChI is InChI=1S/C11H13NO5/c1-16-8-5-3-4-7(10(8)14)11(15)12-6-9(13)17-2/h3-5,14H,6H2,1-2H3,(H,12,15). The van der Waals surface area contributed by atoms with Gasteiger partial charge in [-0.3, -0.25) is 9.59 Å². The van der Waals surface area contributed by atoms with Gasteiger partial charge in [0.15, 0.2) is 11.5 Å². The van der Waals surface area contributed by atoms with Crippen molar-refractivity contribution in [2.24, 2.45) is 0 Å². The first-order chi connectivity index (χ1) is 8.10. The predicted molar refractivity (Wildman–Crippen MR) is 59.0 cm³/mol. The van der Waals surface area contributed by atoms with Crippen LogP contribution in [0.25, 0.3) is 0 Å². The van der Waals surface area contributed by atoms with E-state index in [2.05, 4.69) is 10.1 Å². The van der Waals surface area contributed by atoms with Crippen LogP contribution >= 0.6 is 0 Å². The van der Waals surface area contributed by atoms with E-state index in [-0.39, 0.29) is 23.6 Å². The maximum Gasteiger partial charge on any atom is 0.325 e. The average molecular weight is 239 g/mol. The van der Waals surface area contributed by atoms with Gasteiger partial charge in [-0.15, -0.1) is 0 Å². The van der Waals surface area contributed by atoms with Gasteiger partial charge in [0.25, 0.3) is 5.91 Å². The van der Waals surface area contributed by atoms with Crippen molar-refractivity contribution >= 4 is 11.9 Å². The molecule has 6 nitrogen and oxygen atoms in total. The Bertz CT molecular complexity index is 430. The molecule has 0 unspecified atom stereocenters. The normalized spacial score (nSPS) is 9.53. The minimum Gasteiger partial charge on any atom is -0.504 e. The molecule has 0 aliphatic heterocycles. The number of aromatic hydroxyl groups is 1. The summed E-state index contributed by atoms with van der Waals surface area (Å²) in [6.45, 7) is -0.258. The van der Waals surface area contributed by atoms with Crippen molar-refractivity contribution < 1.29 is 24.2 Å². The SMILES string of the molecule is COC(=O)CNC(=O)c1cccc(OC)c1O. The van der Waals surface area contributed by atoms with Gasteiger partial charge in [0.1, 0.15) is 6.54 Å². The van der Waals surface area contributed by atoms with Crippen LogP contribution in [0.2, 0.25) is 0 Å². The van der Waals surface area contributed by atoms with Crippen LogP contribution in [-0.4, -0.2) is 37.7 Å². The maximum absolute atomic E-state index is 11.6. The Hall–Kier alpha value is -2.24. The van der Waals surface area contributed by atoms with Gasteiger partial charge in [-0.25, -0.2) is 0 Å². The topological polar surface area (TPSA) is 84.9 Å². The summed E-state index contributed by atoms with van der Waals surface area (Å²) in [5.41, 5.74) is 0.0354. The van der Waals surface area contributed by atoms with E-state index in [4.69, 9.17) is 4.74 Å². The van der Waals surface area contributed by atoms with Crippen LogP contribution < -0.4 is 10.1 Å². The molecule has 0 aromatic heterocycles. The molecule has 1 amide bonds.